The minimum absolute atomic E-state index is 0.0806. The van der Waals surface area contributed by atoms with Crippen LogP contribution in [0.15, 0.2) is 28.9 Å². The molecule has 0 radical (unpaired) electrons. The molecule has 1 saturated heterocycles. The number of amides is 1. The molecule has 1 N–H and O–H groups in total. The van der Waals surface area contributed by atoms with Gasteiger partial charge in [-0.1, -0.05) is 0 Å². The summed E-state index contributed by atoms with van der Waals surface area (Å²) >= 11 is 0. The summed E-state index contributed by atoms with van der Waals surface area (Å²) in [6, 6.07) is 3.55. The molecule has 1 fully saturated rings. The summed E-state index contributed by atoms with van der Waals surface area (Å²) in [5.41, 5.74) is 0. The van der Waals surface area contributed by atoms with Gasteiger partial charge >= 0.3 is 0 Å². The third-order valence-electron chi connectivity index (χ3n) is 2.41. The van der Waals surface area contributed by atoms with Crippen LogP contribution < -0.4 is 0 Å². The molecule has 0 unspecified atom stereocenters. The average Bonchev–Trinajstić information content (AvgIpc) is 2.84. The Hall–Kier alpha value is -1.55. The lowest BCUT2D eigenvalue weighted by Gasteiger charge is -2.11. The summed E-state index contributed by atoms with van der Waals surface area (Å²) in [4.78, 5) is 13.2. The van der Waals surface area contributed by atoms with Gasteiger partial charge < -0.3 is 14.4 Å². The highest BCUT2D eigenvalue weighted by Crippen LogP contribution is 2.10. The fourth-order valence-corrected chi connectivity index (χ4v) is 1.59. The molecule has 1 aliphatic rings. The zero-order chi connectivity index (χ0) is 10.7. The van der Waals surface area contributed by atoms with Crippen LogP contribution in [0.3, 0.4) is 0 Å². The molecule has 4 nitrogen and oxygen atoms in total. The van der Waals surface area contributed by atoms with Crippen molar-refractivity contribution >= 4 is 12.0 Å². The zero-order valence-electron chi connectivity index (χ0n) is 8.30. The number of hydrogen-bond acceptors (Lipinski definition) is 3. The molecule has 1 amide bonds. The van der Waals surface area contributed by atoms with Crippen molar-refractivity contribution in [2.45, 2.75) is 12.5 Å². The van der Waals surface area contributed by atoms with Crippen LogP contribution in [0.5, 0.6) is 0 Å². The third kappa shape index (κ3) is 2.47. The molecule has 0 bridgehead atoms. The number of aliphatic hydroxyl groups excluding tert-OH is 1. The highest BCUT2D eigenvalue weighted by Gasteiger charge is 2.22. The van der Waals surface area contributed by atoms with E-state index in [1.54, 1.807) is 29.4 Å². The number of hydrogen-bond donors (Lipinski definition) is 1. The molecule has 0 spiro atoms. The molecular formula is C11H13NO3. The highest BCUT2D eigenvalue weighted by atomic mass is 16.3. The van der Waals surface area contributed by atoms with Gasteiger partial charge in [0.2, 0.25) is 5.91 Å². The van der Waals surface area contributed by atoms with Gasteiger partial charge in [0.1, 0.15) is 5.76 Å². The Morgan fingerprint density at radius 1 is 1.67 bits per heavy atom. The Bertz CT molecular complexity index is 356. The second kappa shape index (κ2) is 4.31. The average molecular weight is 207 g/mol. The van der Waals surface area contributed by atoms with Gasteiger partial charge in [0, 0.05) is 19.2 Å². The maximum absolute atomic E-state index is 11.6. The van der Waals surface area contributed by atoms with Crippen LogP contribution in [0, 0.1) is 0 Å². The SMILES string of the molecule is O=C(C=Cc1ccco1)N1CC[C@@H](O)C1. The third-order valence-corrected chi connectivity index (χ3v) is 2.41. The number of β-amino-alcohol motifs (C(OH)–C–C–N with tert-alkyl or cyclic N) is 1. The van der Waals surface area contributed by atoms with Gasteiger partial charge in [0.15, 0.2) is 0 Å². The van der Waals surface area contributed by atoms with E-state index in [4.69, 9.17) is 4.42 Å². The van der Waals surface area contributed by atoms with E-state index in [-0.39, 0.29) is 12.0 Å². The van der Waals surface area contributed by atoms with Gasteiger partial charge in [-0.25, -0.2) is 0 Å². The van der Waals surface area contributed by atoms with E-state index >= 15 is 0 Å². The van der Waals surface area contributed by atoms with Crippen LogP contribution in [0.4, 0.5) is 0 Å². The van der Waals surface area contributed by atoms with Gasteiger partial charge in [0.05, 0.1) is 12.4 Å². The molecule has 2 heterocycles. The highest BCUT2D eigenvalue weighted by molar-refractivity contribution is 5.91. The summed E-state index contributed by atoms with van der Waals surface area (Å²) in [5, 5.41) is 9.26. The molecule has 1 aromatic rings. The number of furan rings is 1. The molecule has 15 heavy (non-hydrogen) atoms. The quantitative estimate of drug-likeness (QED) is 0.732. The number of aliphatic hydroxyl groups is 1. The van der Waals surface area contributed by atoms with Gasteiger partial charge in [-0.15, -0.1) is 0 Å². The van der Waals surface area contributed by atoms with Gasteiger partial charge in [-0.2, -0.15) is 0 Å². The molecule has 1 aromatic heterocycles. The summed E-state index contributed by atoms with van der Waals surface area (Å²) in [6.07, 6.45) is 4.96. The van der Waals surface area contributed by atoms with E-state index in [9.17, 15) is 9.90 Å². The minimum atomic E-state index is -0.369. The molecule has 80 valence electrons. The topological polar surface area (TPSA) is 53.7 Å². The molecule has 2 rings (SSSR count). The first-order valence-electron chi connectivity index (χ1n) is 4.94. The Morgan fingerprint density at radius 3 is 3.13 bits per heavy atom. The van der Waals surface area contributed by atoms with E-state index in [1.165, 1.54) is 6.08 Å². The largest absolute Gasteiger partial charge is 0.465 e. The Kier molecular flexibility index (Phi) is 2.87. The number of carbonyl (C=O) groups is 1. The van der Waals surface area contributed by atoms with Crippen LogP contribution in [-0.2, 0) is 4.79 Å². The molecule has 0 saturated carbocycles. The van der Waals surface area contributed by atoms with Gasteiger partial charge in [-0.05, 0) is 24.6 Å². The first-order chi connectivity index (χ1) is 7.25. The summed E-state index contributed by atoms with van der Waals surface area (Å²) in [5.74, 6) is 0.575. The lowest BCUT2D eigenvalue weighted by molar-refractivity contribution is -0.125. The first-order valence-corrected chi connectivity index (χ1v) is 4.94. The smallest absolute Gasteiger partial charge is 0.246 e. The van der Waals surface area contributed by atoms with Crippen LogP contribution in [0.2, 0.25) is 0 Å². The van der Waals surface area contributed by atoms with Crippen molar-refractivity contribution < 1.29 is 14.3 Å². The van der Waals surface area contributed by atoms with E-state index in [2.05, 4.69) is 0 Å². The lowest BCUT2D eigenvalue weighted by atomic mass is 10.3. The predicted octanol–water partition coefficient (Wildman–Crippen LogP) is 0.886. The van der Waals surface area contributed by atoms with E-state index in [0.29, 0.717) is 25.3 Å². The number of likely N-dealkylation sites (tertiary alicyclic amines) is 1. The minimum Gasteiger partial charge on any atom is -0.465 e. The Balaban J connectivity index is 1.92. The summed E-state index contributed by atoms with van der Waals surface area (Å²) in [6.45, 7) is 1.06. The zero-order valence-corrected chi connectivity index (χ0v) is 8.30. The van der Waals surface area contributed by atoms with Crippen molar-refractivity contribution in [3.8, 4) is 0 Å². The van der Waals surface area contributed by atoms with E-state index < -0.39 is 0 Å². The molecular weight excluding hydrogens is 194 g/mol. The lowest BCUT2D eigenvalue weighted by Crippen LogP contribution is -2.27. The normalized spacial score (nSPS) is 21.4. The second-order valence-corrected chi connectivity index (χ2v) is 3.58. The Labute approximate surface area is 87.8 Å². The fourth-order valence-electron chi connectivity index (χ4n) is 1.59. The number of nitrogens with zero attached hydrogens (tertiary/aromatic N) is 1. The predicted molar refractivity (Wildman–Crippen MR) is 54.9 cm³/mol. The molecule has 0 aromatic carbocycles. The number of rotatable bonds is 2. The van der Waals surface area contributed by atoms with Crippen LogP contribution in [0.1, 0.15) is 12.2 Å². The van der Waals surface area contributed by atoms with Crippen molar-refractivity contribution in [2.75, 3.05) is 13.1 Å². The second-order valence-electron chi connectivity index (χ2n) is 3.58. The van der Waals surface area contributed by atoms with Crippen LogP contribution >= 0.6 is 0 Å². The van der Waals surface area contributed by atoms with Crippen molar-refractivity contribution in [1.82, 2.24) is 4.90 Å². The maximum Gasteiger partial charge on any atom is 0.246 e. The monoisotopic (exact) mass is 207 g/mol. The van der Waals surface area contributed by atoms with Gasteiger partial charge in [0.25, 0.3) is 0 Å². The van der Waals surface area contributed by atoms with Crippen molar-refractivity contribution in [2.24, 2.45) is 0 Å². The molecule has 4 heteroatoms. The van der Waals surface area contributed by atoms with Gasteiger partial charge in [-0.3, -0.25) is 4.79 Å². The number of carbonyl (C=O) groups excluding carboxylic acids is 1. The van der Waals surface area contributed by atoms with Crippen LogP contribution in [-0.4, -0.2) is 35.1 Å². The van der Waals surface area contributed by atoms with Crippen molar-refractivity contribution in [1.29, 1.82) is 0 Å². The Morgan fingerprint density at radius 2 is 2.53 bits per heavy atom. The van der Waals surface area contributed by atoms with E-state index in [1.807, 2.05) is 0 Å². The summed E-state index contributed by atoms with van der Waals surface area (Å²) < 4.78 is 5.06. The summed E-state index contributed by atoms with van der Waals surface area (Å²) in [7, 11) is 0. The molecule has 1 atom stereocenters. The van der Waals surface area contributed by atoms with Crippen molar-refractivity contribution in [3.05, 3.63) is 30.2 Å². The maximum atomic E-state index is 11.6. The fraction of sp³-hybridized carbons (Fsp3) is 0.364. The standard InChI is InChI=1S/C11H13NO3/c13-9-5-6-12(8-9)11(14)4-3-10-2-1-7-15-10/h1-4,7,9,13H,5-6,8H2/t9-/m1/s1. The first kappa shape index (κ1) is 9.98. The molecule has 1 aliphatic heterocycles. The molecule has 0 aliphatic carbocycles. The van der Waals surface area contributed by atoms with Crippen LogP contribution in [0.25, 0.3) is 6.08 Å². The van der Waals surface area contributed by atoms with Crippen molar-refractivity contribution in [3.63, 3.8) is 0 Å². The van der Waals surface area contributed by atoms with E-state index in [0.717, 1.165) is 0 Å².